The van der Waals surface area contributed by atoms with Crippen molar-refractivity contribution in [1.82, 2.24) is 10.7 Å². The molecule has 35 heavy (non-hydrogen) atoms. The third kappa shape index (κ3) is 8.53. The smallest absolute Gasteiger partial charge is 0.407 e. The molecule has 0 saturated carbocycles. The molecular formula is C26H25BrFN3O4. The minimum absolute atomic E-state index is 0.197. The van der Waals surface area contributed by atoms with Crippen LogP contribution < -0.4 is 15.5 Å². The Morgan fingerprint density at radius 2 is 1.80 bits per heavy atom. The Balaban J connectivity index is 1.58. The Morgan fingerprint density at radius 3 is 2.49 bits per heavy atom. The molecule has 2 amide bonds. The summed E-state index contributed by atoms with van der Waals surface area (Å²) in [7, 11) is 0. The van der Waals surface area contributed by atoms with Crippen LogP contribution >= 0.6 is 15.9 Å². The Hall–Kier alpha value is -3.72. The molecular weight excluding hydrogens is 517 g/mol. The van der Waals surface area contributed by atoms with Crippen molar-refractivity contribution < 1.29 is 23.5 Å². The van der Waals surface area contributed by atoms with Gasteiger partial charge in [-0.2, -0.15) is 5.10 Å². The highest BCUT2D eigenvalue weighted by Gasteiger charge is 2.21. The third-order valence-corrected chi connectivity index (χ3v) is 5.44. The lowest BCUT2D eigenvalue weighted by atomic mass is 10.1. The summed E-state index contributed by atoms with van der Waals surface area (Å²) in [4.78, 5) is 24.6. The standard InChI is InChI=1S/C26H25BrFN3O4/c1-2-34-26(33)30-23(15-18-6-4-3-5-7-18)25(32)31-29-16-20-10-13-24(22(27)14-20)35-17-19-8-11-21(28)12-9-19/h3-14,16,23H,2,15,17H2,1H3,(H,30,33)(H,31,32)/b29-16-/t23-/m1/s1. The van der Waals surface area contributed by atoms with Gasteiger partial charge in [-0.25, -0.2) is 14.6 Å². The molecule has 0 heterocycles. The van der Waals surface area contributed by atoms with Crippen molar-refractivity contribution in [2.45, 2.75) is 26.0 Å². The van der Waals surface area contributed by atoms with E-state index in [2.05, 4.69) is 31.8 Å². The van der Waals surface area contributed by atoms with Crippen LogP contribution in [0, 0.1) is 5.82 Å². The zero-order valence-electron chi connectivity index (χ0n) is 19.0. The maximum absolute atomic E-state index is 13.0. The van der Waals surface area contributed by atoms with Crippen LogP contribution in [0.4, 0.5) is 9.18 Å². The Kier molecular flexibility index (Phi) is 9.80. The number of amides is 2. The van der Waals surface area contributed by atoms with Gasteiger partial charge in [-0.05, 0) is 69.9 Å². The van der Waals surface area contributed by atoms with Gasteiger partial charge < -0.3 is 14.8 Å². The van der Waals surface area contributed by atoms with E-state index in [1.54, 1.807) is 37.3 Å². The van der Waals surface area contributed by atoms with Gasteiger partial charge in [-0.15, -0.1) is 0 Å². The lowest BCUT2D eigenvalue weighted by Crippen LogP contribution is -2.47. The predicted molar refractivity (Wildman–Crippen MR) is 135 cm³/mol. The fourth-order valence-corrected chi connectivity index (χ4v) is 3.59. The van der Waals surface area contributed by atoms with E-state index in [4.69, 9.17) is 9.47 Å². The molecule has 1 atom stereocenters. The van der Waals surface area contributed by atoms with Gasteiger partial charge in [0.05, 0.1) is 17.3 Å². The summed E-state index contributed by atoms with van der Waals surface area (Å²) in [6.45, 7) is 2.17. The molecule has 0 radical (unpaired) electrons. The van der Waals surface area contributed by atoms with Gasteiger partial charge >= 0.3 is 6.09 Å². The first-order chi connectivity index (χ1) is 16.9. The molecule has 0 fully saturated rings. The third-order valence-electron chi connectivity index (χ3n) is 4.82. The molecule has 0 aliphatic carbocycles. The largest absolute Gasteiger partial charge is 0.488 e. The molecule has 3 aromatic carbocycles. The summed E-state index contributed by atoms with van der Waals surface area (Å²) in [5.74, 6) is -0.165. The van der Waals surface area contributed by atoms with Gasteiger partial charge in [0.1, 0.15) is 24.2 Å². The van der Waals surface area contributed by atoms with Crippen LogP contribution in [-0.4, -0.2) is 30.9 Å². The summed E-state index contributed by atoms with van der Waals surface area (Å²) in [6, 6.07) is 19.9. The average Bonchev–Trinajstić information content (AvgIpc) is 2.85. The van der Waals surface area contributed by atoms with Crippen molar-refractivity contribution in [3.63, 3.8) is 0 Å². The van der Waals surface area contributed by atoms with Crippen molar-refractivity contribution in [3.05, 3.63) is 99.8 Å². The van der Waals surface area contributed by atoms with Crippen LogP contribution in [0.3, 0.4) is 0 Å². The second-order valence-corrected chi connectivity index (χ2v) is 8.30. The Labute approximate surface area is 211 Å². The van der Waals surface area contributed by atoms with Gasteiger partial charge in [0.15, 0.2) is 0 Å². The molecule has 0 aliphatic rings. The highest BCUT2D eigenvalue weighted by atomic mass is 79.9. The van der Waals surface area contributed by atoms with Crippen molar-refractivity contribution in [2.75, 3.05) is 6.61 Å². The number of ether oxygens (including phenoxy) is 2. The van der Waals surface area contributed by atoms with Gasteiger partial charge in [-0.1, -0.05) is 42.5 Å². The van der Waals surface area contributed by atoms with Crippen molar-refractivity contribution in [1.29, 1.82) is 0 Å². The molecule has 2 N–H and O–H groups in total. The number of rotatable bonds is 10. The van der Waals surface area contributed by atoms with Crippen LogP contribution in [0.15, 0.2) is 82.4 Å². The molecule has 0 bridgehead atoms. The number of nitrogens with zero attached hydrogens (tertiary/aromatic N) is 1. The fraction of sp³-hybridized carbons (Fsp3) is 0.192. The second-order valence-electron chi connectivity index (χ2n) is 7.45. The predicted octanol–water partition coefficient (Wildman–Crippen LogP) is 4.97. The van der Waals surface area contributed by atoms with E-state index in [9.17, 15) is 14.0 Å². The number of halogens is 2. The minimum Gasteiger partial charge on any atom is -0.488 e. The topological polar surface area (TPSA) is 89.0 Å². The SMILES string of the molecule is CCOC(=O)N[C@H](Cc1ccccc1)C(=O)N/N=C\c1ccc(OCc2ccc(F)cc2)c(Br)c1. The molecule has 3 rings (SSSR count). The molecule has 3 aromatic rings. The van der Waals surface area contributed by atoms with Gasteiger partial charge in [0.2, 0.25) is 0 Å². The maximum atomic E-state index is 13.0. The van der Waals surface area contributed by atoms with Gasteiger partial charge in [0.25, 0.3) is 5.91 Å². The van der Waals surface area contributed by atoms with Crippen LogP contribution in [0.1, 0.15) is 23.6 Å². The fourth-order valence-electron chi connectivity index (χ4n) is 3.08. The van der Waals surface area contributed by atoms with E-state index < -0.39 is 18.0 Å². The first-order valence-corrected chi connectivity index (χ1v) is 11.7. The Bertz CT molecular complexity index is 1160. The number of alkyl carbamates (subject to hydrolysis) is 1. The van der Waals surface area contributed by atoms with Crippen molar-refractivity contribution in [3.8, 4) is 5.75 Å². The van der Waals surface area contributed by atoms with Gasteiger partial charge in [-0.3, -0.25) is 4.79 Å². The van der Waals surface area contributed by atoms with Crippen LogP contribution in [0.25, 0.3) is 0 Å². The monoisotopic (exact) mass is 541 g/mol. The summed E-state index contributed by atoms with van der Waals surface area (Å²) in [5.41, 5.74) is 4.90. The summed E-state index contributed by atoms with van der Waals surface area (Å²) < 4.78 is 24.4. The molecule has 0 aliphatic heterocycles. The summed E-state index contributed by atoms with van der Waals surface area (Å²) in [5, 5.41) is 6.59. The quantitative estimate of drug-likeness (QED) is 0.280. The van der Waals surface area contributed by atoms with E-state index >= 15 is 0 Å². The summed E-state index contributed by atoms with van der Waals surface area (Å²) in [6.07, 6.45) is 1.09. The number of hydrogen-bond donors (Lipinski definition) is 2. The maximum Gasteiger partial charge on any atom is 0.407 e. The normalized spacial score (nSPS) is 11.6. The van der Waals surface area contributed by atoms with Crippen LogP contribution in [0.5, 0.6) is 5.75 Å². The molecule has 9 heteroatoms. The number of nitrogens with one attached hydrogen (secondary N) is 2. The second kappa shape index (κ2) is 13.2. The molecule has 0 spiro atoms. The molecule has 7 nitrogen and oxygen atoms in total. The molecule has 0 unspecified atom stereocenters. The molecule has 182 valence electrons. The summed E-state index contributed by atoms with van der Waals surface area (Å²) >= 11 is 3.46. The first kappa shape index (κ1) is 25.9. The number of benzene rings is 3. The van der Waals surface area contributed by atoms with Crippen molar-refractivity contribution >= 4 is 34.1 Å². The number of hydrazone groups is 1. The number of carbonyl (C=O) groups excluding carboxylic acids is 2. The lowest BCUT2D eigenvalue weighted by molar-refractivity contribution is -0.123. The minimum atomic E-state index is -0.859. The molecule has 0 aromatic heterocycles. The zero-order chi connectivity index (χ0) is 25.0. The van der Waals surface area contributed by atoms with Crippen LogP contribution in [-0.2, 0) is 22.6 Å². The van der Waals surface area contributed by atoms with E-state index in [-0.39, 0.29) is 18.8 Å². The molecule has 0 saturated heterocycles. The van der Waals surface area contributed by atoms with E-state index in [0.29, 0.717) is 22.4 Å². The number of carbonyl (C=O) groups is 2. The van der Waals surface area contributed by atoms with E-state index in [1.165, 1.54) is 18.3 Å². The van der Waals surface area contributed by atoms with Gasteiger partial charge in [0, 0.05) is 6.42 Å². The van der Waals surface area contributed by atoms with Crippen molar-refractivity contribution in [2.24, 2.45) is 5.10 Å². The highest BCUT2D eigenvalue weighted by Crippen LogP contribution is 2.26. The zero-order valence-corrected chi connectivity index (χ0v) is 20.6. The highest BCUT2D eigenvalue weighted by molar-refractivity contribution is 9.10. The van der Waals surface area contributed by atoms with E-state index in [1.807, 2.05) is 30.3 Å². The van der Waals surface area contributed by atoms with E-state index in [0.717, 1.165) is 11.1 Å². The Morgan fingerprint density at radius 1 is 1.06 bits per heavy atom. The first-order valence-electron chi connectivity index (χ1n) is 10.9. The average molecular weight is 542 g/mol. The lowest BCUT2D eigenvalue weighted by Gasteiger charge is -2.16. The van der Waals surface area contributed by atoms with Crippen LogP contribution in [0.2, 0.25) is 0 Å². The number of hydrogen-bond acceptors (Lipinski definition) is 5.